The number of aryl methyl sites for hydroxylation is 1. The van der Waals surface area contributed by atoms with Gasteiger partial charge in [0.2, 0.25) is 10.9 Å². The minimum absolute atomic E-state index is 0.00235. The first-order valence-corrected chi connectivity index (χ1v) is 11.2. The van der Waals surface area contributed by atoms with E-state index in [1.807, 2.05) is 0 Å². The molecule has 0 saturated carbocycles. The highest BCUT2D eigenvalue weighted by Gasteiger charge is 2.45. The van der Waals surface area contributed by atoms with Gasteiger partial charge in [-0.15, -0.1) is 10.2 Å². The number of nitrogens with zero attached hydrogens (tertiary/aromatic N) is 3. The third-order valence-electron chi connectivity index (χ3n) is 5.28. The van der Waals surface area contributed by atoms with Crippen molar-refractivity contribution in [2.24, 2.45) is 0 Å². The number of carbonyl (C=O) groups excluding carboxylic acids is 1. The molecule has 1 amide bonds. The Balaban J connectivity index is 1.81. The van der Waals surface area contributed by atoms with Gasteiger partial charge in [0.05, 0.1) is 31.2 Å². The lowest BCUT2D eigenvalue weighted by Gasteiger charge is -2.23. The van der Waals surface area contributed by atoms with Crippen molar-refractivity contribution in [1.29, 1.82) is 0 Å². The Bertz CT molecular complexity index is 1450. The molecule has 3 heterocycles. The van der Waals surface area contributed by atoms with E-state index in [0.717, 1.165) is 4.47 Å². The van der Waals surface area contributed by atoms with E-state index in [1.54, 1.807) is 50.4 Å². The second kappa shape index (κ2) is 7.72. The summed E-state index contributed by atoms with van der Waals surface area (Å²) in [6.07, 6.45) is 0. The molecule has 1 unspecified atom stereocenters. The van der Waals surface area contributed by atoms with E-state index in [2.05, 4.69) is 26.1 Å². The minimum Gasteiger partial charge on any atom is -0.493 e. The Kier molecular flexibility index (Phi) is 4.98. The van der Waals surface area contributed by atoms with Crippen molar-refractivity contribution in [3.8, 4) is 11.5 Å². The number of aromatic nitrogens is 2. The number of halogens is 1. The molecule has 1 atom stereocenters. The summed E-state index contributed by atoms with van der Waals surface area (Å²) in [6.45, 7) is 1.80. The number of anilines is 1. The summed E-state index contributed by atoms with van der Waals surface area (Å²) >= 11 is 4.66. The highest BCUT2D eigenvalue weighted by atomic mass is 79.9. The molecule has 0 aliphatic carbocycles. The summed E-state index contributed by atoms with van der Waals surface area (Å²) in [7, 11) is 3.07. The van der Waals surface area contributed by atoms with Crippen molar-refractivity contribution >= 4 is 49.3 Å². The molecule has 0 radical (unpaired) electrons. The van der Waals surface area contributed by atoms with Crippen molar-refractivity contribution < 1.29 is 18.7 Å². The number of methoxy groups -OCH3 is 2. The summed E-state index contributed by atoms with van der Waals surface area (Å²) in [6, 6.07) is 9.63. The maximum absolute atomic E-state index is 13.6. The normalized spacial score (nSPS) is 15.3. The molecule has 2 aromatic carbocycles. The lowest BCUT2D eigenvalue weighted by atomic mass is 9.98. The Morgan fingerprint density at radius 3 is 2.53 bits per heavy atom. The van der Waals surface area contributed by atoms with Crippen molar-refractivity contribution in [2.45, 2.75) is 13.0 Å². The molecular weight excluding hydrogens is 498 g/mol. The predicted octanol–water partition coefficient (Wildman–Crippen LogP) is 4.48. The molecule has 0 bridgehead atoms. The Morgan fingerprint density at radius 2 is 1.84 bits per heavy atom. The van der Waals surface area contributed by atoms with Crippen molar-refractivity contribution in [3.63, 3.8) is 0 Å². The lowest BCUT2D eigenvalue weighted by Crippen LogP contribution is -2.29. The van der Waals surface area contributed by atoms with E-state index >= 15 is 0 Å². The highest BCUT2D eigenvalue weighted by molar-refractivity contribution is 9.10. The first-order valence-electron chi connectivity index (χ1n) is 9.54. The smallest absolute Gasteiger partial charge is 0.297 e. The van der Waals surface area contributed by atoms with E-state index in [0.29, 0.717) is 38.2 Å². The molecular formula is C22H16BrN3O5S. The standard InChI is InChI=1S/C22H16BrN3O5S/c1-10-24-25-22(32-10)26-18(11-4-6-15(29-2)16(8-11)30-3)17-19(27)13-9-12(23)5-7-14(13)31-20(17)21(26)28/h4-9,18H,1-3H3. The molecule has 0 saturated heterocycles. The van der Waals surface area contributed by atoms with Crippen LogP contribution in [0.3, 0.4) is 0 Å². The van der Waals surface area contributed by atoms with Crippen LogP contribution in [0.25, 0.3) is 11.0 Å². The van der Waals surface area contributed by atoms with Gasteiger partial charge in [0, 0.05) is 4.47 Å². The van der Waals surface area contributed by atoms with E-state index in [1.165, 1.54) is 23.3 Å². The number of carbonyl (C=O) groups is 1. The quantitative estimate of drug-likeness (QED) is 0.396. The van der Waals surface area contributed by atoms with E-state index in [4.69, 9.17) is 13.9 Å². The van der Waals surface area contributed by atoms with Gasteiger partial charge in [-0.25, -0.2) is 0 Å². The Labute approximate surface area is 194 Å². The van der Waals surface area contributed by atoms with Crippen LogP contribution in [0.1, 0.15) is 32.7 Å². The fraction of sp³-hybridized carbons (Fsp3) is 0.182. The first kappa shape index (κ1) is 20.7. The van der Waals surface area contributed by atoms with Gasteiger partial charge in [0.25, 0.3) is 5.91 Å². The van der Waals surface area contributed by atoms with Crippen LogP contribution in [-0.4, -0.2) is 30.3 Å². The van der Waals surface area contributed by atoms with Crippen molar-refractivity contribution in [2.75, 3.05) is 19.1 Å². The number of ether oxygens (including phenoxy) is 2. The zero-order valence-electron chi connectivity index (χ0n) is 17.2. The summed E-state index contributed by atoms with van der Waals surface area (Å²) < 4.78 is 17.5. The Hall–Kier alpha value is -3.24. The van der Waals surface area contributed by atoms with Crippen LogP contribution in [0.2, 0.25) is 0 Å². The van der Waals surface area contributed by atoms with Gasteiger partial charge >= 0.3 is 0 Å². The number of hydrogen-bond donors (Lipinski definition) is 0. The van der Waals surface area contributed by atoms with Crippen molar-refractivity contribution in [1.82, 2.24) is 10.2 Å². The van der Waals surface area contributed by atoms with Crippen LogP contribution in [0.15, 0.2) is 50.1 Å². The van der Waals surface area contributed by atoms with Gasteiger partial charge in [-0.2, -0.15) is 0 Å². The van der Waals surface area contributed by atoms with Crippen LogP contribution in [0.5, 0.6) is 11.5 Å². The van der Waals surface area contributed by atoms with Gasteiger partial charge in [-0.05, 0) is 42.8 Å². The third-order valence-corrected chi connectivity index (χ3v) is 6.61. The average molecular weight is 514 g/mol. The summed E-state index contributed by atoms with van der Waals surface area (Å²) in [5, 5.41) is 9.67. The molecule has 4 aromatic rings. The fourth-order valence-corrected chi connectivity index (χ4v) is 4.94. The maximum Gasteiger partial charge on any atom is 0.297 e. The van der Waals surface area contributed by atoms with E-state index in [-0.39, 0.29) is 16.8 Å². The van der Waals surface area contributed by atoms with Crippen LogP contribution >= 0.6 is 27.3 Å². The largest absolute Gasteiger partial charge is 0.493 e. The Morgan fingerprint density at radius 1 is 1.06 bits per heavy atom. The molecule has 8 nitrogen and oxygen atoms in total. The minimum atomic E-state index is -0.760. The SMILES string of the molecule is COc1ccc(C2c3c(oc4ccc(Br)cc4c3=O)C(=O)N2c2nnc(C)s2)cc1OC. The number of benzene rings is 2. The summed E-state index contributed by atoms with van der Waals surface area (Å²) in [5.74, 6) is 0.566. The van der Waals surface area contributed by atoms with Gasteiger partial charge < -0.3 is 13.9 Å². The van der Waals surface area contributed by atoms with Gasteiger partial charge in [-0.1, -0.05) is 33.3 Å². The number of rotatable bonds is 4. The molecule has 1 aliphatic rings. The van der Waals surface area contributed by atoms with Gasteiger partial charge in [0.1, 0.15) is 10.6 Å². The molecule has 0 fully saturated rings. The average Bonchev–Trinajstić information content (AvgIpc) is 3.34. The van der Waals surface area contributed by atoms with Gasteiger partial charge in [-0.3, -0.25) is 14.5 Å². The van der Waals surface area contributed by atoms with Crippen LogP contribution in [0.4, 0.5) is 5.13 Å². The topological polar surface area (TPSA) is 94.8 Å². The molecule has 32 heavy (non-hydrogen) atoms. The molecule has 2 aromatic heterocycles. The number of amides is 1. The molecule has 162 valence electrons. The van der Waals surface area contributed by atoms with E-state index < -0.39 is 11.9 Å². The second-order valence-electron chi connectivity index (χ2n) is 7.11. The van der Waals surface area contributed by atoms with Gasteiger partial charge in [0.15, 0.2) is 16.9 Å². The summed E-state index contributed by atoms with van der Waals surface area (Å²) in [4.78, 5) is 28.6. The molecule has 5 rings (SSSR count). The van der Waals surface area contributed by atoms with Crippen LogP contribution in [0, 0.1) is 6.92 Å². The molecule has 1 aliphatic heterocycles. The number of hydrogen-bond acceptors (Lipinski definition) is 8. The monoisotopic (exact) mass is 513 g/mol. The van der Waals surface area contributed by atoms with E-state index in [9.17, 15) is 9.59 Å². The first-order chi connectivity index (χ1) is 15.4. The van der Waals surface area contributed by atoms with Crippen LogP contribution in [-0.2, 0) is 0 Å². The maximum atomic E-state index is 13.6. The van der Waals surface area contributed by atoms with Crippen LogP contribution < -0.4 is 19.8 Å². The lowest BCUT2D eigenvalue weighted by molar-refractivity contribution is 0.0970. The zero-order chi connectivity index (χ0) is 22.6. The van der Waals surface area contributed by atoms with Crippen molar-refractivity contribution in [3.05, 3.63) is 73.0 Å². The highest BCUT2D eigenvalue weighted by Crippen LogP contribution is 2.44. The predicted molar refractivity (Wildman–Crippen MR) is 123 cm³/mol. The third kappa shape index (κ3) is 3.09. The molecule has 10 heteroatoms. The molecule has 0 spiro atoms. The second-order valence-corrected chi connectivity index (χ2v) is 9.19. The molecule has 0 N–H and O–H groups in total. The number of fused-ring (bicyclic) bond motifs is 2. The summed E-state index contributed by atoms with van der Waals surface area (Å²) in [5.41, 5.74) is 0.969. The fourth-order valence-electron chi connectivity index (χ4n) is 3.86. The zero-order valence-corrected chi connectivity index (χ0v) is 19.6.